The van der Waals surface area contributed by atoms with Crippen molar-refractivity contribution < 1.29 is 4.79 Å². The summed E-state index contributed by atoms with van der Waals surface area (Å²) in [6.45, 7) is 1.22. The molecule has 6 nitrogen and oxygen atoms in total. The van der Waals surface area contributed by atoms with E-state index >= 15 is 0 Å². The van der Waals surface area contributed by atoms with E-state index in [9.17, 15) is 4.79 Å². The molecule has 0 aromatic carbocycles. The first-order chi connectivity index (χ1) is 6.59. The highest BCUT2D eigenvalue weighted by atomic mass is 79.9. The molecule has 2 heterocycles. The minimum absolute atomic E-state index is 0.0777. The van der Waals surface area contributed by atoms with Gasteiger partial charge < -0.3 is 10.6 Å². The van der Waals surface area contributed by atoms with Gasteiger partial charge in [-0.25, -0.2) is 4.68 Å². The normalized spacial score (nSPS) is 16.9. The molecule has 1 fully saturated rings. The molecule has 0 atom stereocenters. The van der Waals surface area contributed by atoms with Crippen molar-refractivity contribution in [1.29, 1.82) is 0 Å². The van der Waals surface area contributed by atoms with Crippen molar-refractivity contribution in [2.45, 2.75) is 6.04 Å². The number of halogens is 1. The molecule has 0 unspecified atom stereocenters. The number of aromatic nitrogens is 3. The maximum atomic E-state index is 11.8. The first-order valence-electron chi connectivity index (χ1n) is 4.19. The van der Waals surface area contributed by atoms with E-state index in [4.69, 9.17) is 5.73 Å². The quantitative estimate of drug-likeness (QED) is 0.728. The Kier molecular flexibility index (Phi) is 2.28. The minimum atomic E-state index is -0.0777. The van der Waals surface area contributed by atoms with Crippen molar-refractivity contribution in [3.63, 3.8) is 0 Å². The molecule has 0 saturated carbocycles. The van der Waals surface area contributed by atoms with Gasteiger partial charge in [0, 0.05) is 26.2 Å². The Labute approximate surface area is 89.2 Å². The molecule has 7 heteroatoms. The highest BCUT2D eigenvalue weighted by molar-refractivity contribution is 9.10. The summed E-state index contributed by atoms with van der Waals surface area (Å²) in [6.07, 6.45) is 0. The molecule has 76 valence electrons. The van der Waals surface area contributed by atoms with Crippen molar-refractivity contribution in [3.8, 4) is 0 Å². The first kappa shape index (κ1) is 9.60. The lowest BCUT2D eigenvalue weighted by Crippen LogP contribution is -2.58. The van der Waals surface area contributed by atoms with Crippen LogP contribution in [-0.4, -0.2) is 44.9 Å². The lowest BCUT2D eigenvalue weighted by atomic mass is 10.1. The summed E-state index contributed by atoms with van der Waals surface area (Å²) in [5.41, 5.74) is 6.06. The van der Waals surface area contributed by atoms with E-state index in [1.807, 2.05) is 0 Å². The van der Waals surface area contributed by atoms with Crippen LogP contribution in [0.2, 0.25) is 0 Å². The van der Waals surface area contributed by atoms with Crippen molar-refractivity contribution in [3.05, 3.63) is 10.3 Å². The summed E-state index contributed by atoms with van der Waals surface area (Å²) >= 11 is 3.18. The van der Waals surface area contributed by atoms with Crippen LogP contribution in [0, 0.1) is 0 Å². The molecule has 1 aliphatic heterocycles. The fourth-order valence-corrected chi connectivity index (χ4v) is 1.88. The summed E-state index contributed by atoms with van der Waals surface area (Å²) in [6, 6.07) is 0.110. The zero-order valence-corrected chi connectivity index (χ0v) is 9.23. The molecule has 1 aromatic rings. The van der Waals surface area contributed by atoms with E-state index in [1.165, 1.54) is 4.68 Å². The zero-order valence-electron chi connectivity index (χ0n) is 7.64. The number of hydrogen-bond donors (Lipinski definition) is 1. The molecule has 1 amide bonds. The summed E-state index contributed by atoms with van der Waals surface area (Å²) < 4.78 is 1.93. The predicted octanol–water partition coefficient (Wildman–Crippen LogP) is -0.639. The maximum Gasteiger partial charge on any atom is 0.275 e. The number of carbonyl (C=O) groups is 1. The van der Waals surface area contributed by atoms with E-state index in [2.05, 4.69) is 26.2 Å². The van der Waals surface area contributed by atoms with Gasteiger partial charge in [0.2, 0.25) is 0 Å². The van der Waals surface area contributed by atoms with Gasteiger partial charge in [-0.15, -0.1) is 5.10 Å². The van der Waals surface area contributed by atoms with Gasteiger partial charge in [0.1, 0.15) is 0 Å². The Morgan fingerprint density at radius 2 is 2.29 bits per heavy atom. The molecular weight excluding hydrogens is 250 g/mol. The monoisotopic (exact) mass is 259 g/mol. The Bertz CT molecular complexity index is 351. The molecule has 0 bridgehead atoms. The maximum absolute atomic E-state index is 11.8. The summed E-state index contributed by atoms with van der Waals surface area (Å²) in [7, 11) is 1.69. The van der Waals surface area contributed by atoms with Crippen molar-refractivity contribution >= 4 is 21.8 Å². The van der Waals surface area contributed by atoms with Gasteiger partial charge in [0.05, 0.1) is 0 Å². The SMILES string of the molecule is Cn1nnc(Br)c1C(=O)N1CC(N)C1. The summed E-state index contributed by atoms with van der Waals surface area (Å²) in [5.74, 6) is -0.0777. The number of aryl methyl sites for hydroxylation is 1. The Balaban J connectivity index is 2.19. The first-order valence-corrected chi connectivity index (χ1v) is 4.99. The van der Waals surface area contributed by atoms with Crippen molar-refractivity contribution in [2.24, 2.45) is 12.8 Å². The molecule has 2 N–H and O–H groups in total. The van der Waals surface area contributed by atoms with Gasteiger partial charge in [0.25, 0.3) is 5.91 Å². The topological polar surface area (TPSA) is 77.0 Å². The number of hydrogen-bond acceptors (Lipinski definition) is 4. The highest BCUT2D eigenvalue weighted by Crippen LogP contribution is 2.17. The lowest BCUT2D eigenvalue weighted by molar-refractivity contribution is 0.0595. The van der Waals surface area contributed by atoms with Crippen LogP contribution in [0.1, 0.15) is 10.5 Å². The van der Waals surface area contributed by atoms with Crippen LogP contribution in [-0.2, 0) is 7.05 Å². The Hall–Kier alpha value is -0.950. The molecule has 0 radical (unpaired) electrons. The third-order valence-electron chi connectivity index (χ3n) is 2.19. The molecule has 0 aliphatic carbocycles. The second-order valence-corrected chi connectivity index (χ2v) is 4.07. The molecular formula is C7H10BrN5O. The number of rotatable bonds is 1. The lowest BCUT2D eigenvalue weighted by Gasteiger charge is -2.36. The Morgan fingerprint density at radius 1 is 1.64 bits per heavy atom. The molecule has 2 rings (SSSR count). The van der Waals surface area contributed by atoms with Gasteiger partial charge in [-0.3, -0.25) is 4.79 Å². The summed E-state index contributed by atoms with van der Waals surface area (Å²) in [4.78, 5) is 13.5. The second-order valence-electron chi connectivity index (χ2n) is 3.32. The number of carbonyl (C=O) groups excluding carboxylic acids is 1. The fourth-order valence-electron chi connectivity index (χ4n) is 1.39. The van der Waals surface area contributed by atoms with Gasteiger partial charge in [0.15, 0.2) is 10.3 Å². The fraction of sp³-hybridized carbons (Fsp3) is 0.571. The summed E-state index contributed by atoms with van der Waals surface area (Å²) in [5, 5.41) is 7.49. The van der Waals surface area contributed by atoms with E-state index in [-0.39, 0.29) is 11.9 Å². The molecule has 1 saturated heterocycles. The van der Waals surface area contributed by atoms with Crippen molar-refractivity contribution in [1.82, 2.24) is 19.9 Å². The molecule has 1 aromatic heterocycles. The number of likely N-dealkylation sites (tertiary alicyclic amines) is 1. The van der Waals surface area contributed by atoms with Crippen LogP contribution in [0.4, 0.5) is 0 Å². The van der Waals surface area contributed by atoms with Crippen LogP contribution >= 0.6 is 15.9 Å². The third-order valence-corrected chi connectivity index (χ3v) is 2.72. The van der Waals surface area contributed by atoms with E-state index in [0.717, 1.165) is 0 Å². The average Bonchev–Trinajstić information content (AvgIpc) is 2.40. The van der Waals surface area contributed by atoms with Gasteiger partial charge in [-0.1, -0.05) is 5.21 Å². The van der Waals surface area contributed by atoms with Crippen LogP contribution < -0.4 is 5.73 Å². The number of nitrogens with two attached hydrogens (primary N) is 1. The van der Waals surface area contributed by atoms with Crippen molar-refractivity contribution in [2.75, 3.05) is 13.1 Å². The van der Waals surface area contributed by atoms with E-state index in [1.54, 1.807) is 11.9 Å². The number of amides is 1. The highest BCUT2D eigenvalue weighted by Gasteiger charge is 2.31. The van der Waals surface area contributed by atoms with Gasteiger partial charge in [-0.05, 0) is 15.9 Å². The number of nitrogens with zero attached hydrogens (tertiary/aromatic N) is 4. The largest absolute Gasteiger partial charge is 0.334 e. The predicted molar refractivity (Wildman–Crippen MR) is 52.6 cm³/mol. The van der Waals surface area contributed by atoms with Crippen LogP contribution in [0.25, 0.3) is 0 Å². The molecule has 0 spiro atoms. The van der Waals surface area contributed by atoms with E-state index < -0.39 is 0 Å². The van der Waals surface area contributed by atoms with Crippen LogP contribution in [0.3, 0.4) is 0 Å². The zero-order chi connectivity index (χ0) is 10.3. The minimum Gasteiger partial charge on any atom is -0.334 e. The third kappa shape index (κ3) is 1.42. The van der Waals surface area contributed by atoms with Gasteiger partial charge in [-0.2, -0.15) is 0 Å². The second kappa shape index (κ2) is 3.32. The van der Waals surface area contributed by atoms with E-state index in [0.29, 0.717) is 23.4 Å². The van der Waals surface area contributed by atoms with Crippen LogP contribution in [0.5, 0.6) is 0 Å². The molecule has 14 heavy (non-hydrogen) atoms. The van der Waals surface area contributed by atoms with Gasteiger partial charge >= 0.3 is 0 Å². The molecule has 1 aliphatic rings. The Morgan fingerprint density at radius 3 is 2.71 bits per heavy atom. The van der Waals surface area contributed by atoms with Crippen LogP contribution in [0.15, 0.2) is 4.60 Å². The smallest absolute Gasteiger partial charge is 0.275 e. The average molecular weight is 260 g/mol. The standard InChI is InChI=1S/C7H10BrN5O/c1-12-5(6(8)10-11-12)7(14)13-2-4(9)3-13/h4H,2-3,9H2,1H3.